The molecule has 1 saturated carbocycles. The second-order valence-corrected chi connectivity index (χ2v) is 7.12. The highest BCUT2D eigenvalue weighted by atomic mass is 79.9. The fourth-order valence-corrected chi connectivity index (χ4v) is 3.52. The van der Waals surface area contributed by atoms with Gasteiger partial charge >= 0.3 is 0 Å². The Balaban J connectivity index is 1.60. The fraction of sp³-hybridized carbons (Fsp3) is 0.647. The van der Waals surface area contributed by atoms with Crippen LogP contribution in [-0.2, 0) is 6.54 Å². The number of halogens is 1. The molecule has 20 heavy (non-hydrogen) atoms. The first-order chi connectivity index (χ1) is 9.76. The highest BCUT2D eigenvalue weighted by Gasteiger charge is 2.21. The molecule has 3 rings (SSSR count). The summed E-state index contributed by atoms with van der Waals surface area (Å²) in [6.07, 6.45) is 6.73. The van der Waals surface area contributed by atoms with Gasteiger partial charge in [0.25, 0.3) is 0 Å². The van der Waals surface area contributed by atoms with E-state index in [1.807, 2.05) is 0 Å². The van der Waals surface area contributed by atoms with E-state index in [0.29, 0.717) is 0 Å². The maximum Gasteiger partial charge on any atom is 0.0377 e. The third kappa shape index (κ3) is 3.56. The molecule has 2 aliphatic rings. The van der Waals surface area contributed by atoms with Crippen LogP contribution in [0.5, 0.6) is 0 Å². The second-order valence-electron chi connectivity index (χ2n) is 6.27. The summed E-state index contributed by atoms with van der Waals surface area (Å²) in [6.45, 7) is 5.73. The lowest BCUT2D eigenvalue weighted by Gasteiger charge is -2.33. The van der Waals surface area contributed by atoms with Gasteiger partial charge in [0.05, 0.1) is 0 Å². The summed E-state index contributed by atoms with van der Waals surface area (Å²) in [6, 6.07) is 7.65. The number of nitrogens with zero attached hydrogens (tertiary/aromatic N) is 1. The van der Waals surface area contributed by atoms with E-state index in [2.05, 4.69) is 51.3 Å². The van der Waals surface area contributed by atoms with Crippen molar-refractivity contribution in [3.63, 3.8) is 0 Å². The largest absolute Gasteiger partial charge is 0.371 e. The summed E-state index contributed by atoms with van der Waals surface area (Å²) in [5.74, 6) is 0.941. The molecule has 3 heteroatoms. The predicted octanol–water partition coefficient (Wildman–Crippen LogP) is 4.33. The Labute approximate surface area is 131 Å². The molecule has 1 N–H and O–H groups in total. The quantitative estimate of drug-likeness (QED) is 0.860. The van der Waals surface area contributed by atoms with Crippen molar-refractivity contribution in [2.75, 3.05) is 18.0 Å². The van der Waals surface area contributed by atoms with Gasteiger partial charge in [-0.25, -0.2) is 0 Å². The van der Waals surface area contributed by atoms with Crippen molar-refractivity contribution in [3.8, 4) is 0 Å². The van der Waals surface area contributed by atoms with Crippen molar-refractivity contribution in [1.29, 1.82) is 0 Å². The van der Waals surface area contributed by atoms with Crippen molar-refractivity contribution in [3.05, 3.63) is 28.2 Å². The van der Waals surface area contributed by atoms with Gasteiger partial charge in [-0.05, 0) is 49.3 Å². The molecule has 0 spiro atoms. The van der Waals surface area contributed by atoms with Crippen molar-refractivity contribution >= 4 is 21.6 Å². The Morgan fingerprint density at radius 2 is 1.95 bits per heavy atom. The molecule has 1 aromatic rings. The second kappa shape index (κ2) is 6.48. The molecule has 1 aromatic carbocycles. The van der Waals surface area contributed by atoms with Crippen LogP contribution < -0.4 is 10.2 Å². The van der Waals surface area contributed by atoms with Crippen molar-refractivity contribution in [2.24, 2.45) is 5.92 Å². The smallest absolute Gasteiger partial charge is 0.0377 e. The number of rotatable bonds is 5. The molecule has 1 aliphatic carbocycles. The zero-order valence-electron chi connectivity index (χ0n) is 12.4. The van der Waals surface area contributed by atoms with Gasteiger partial charge in [-0.2, -0.15) is 0 Å². The lowest BCUT2D eigenvalue weighted by molar-refractivity contribution is 0.395. The molecule has 110 valence electrons. The minimum absolute atomic E-state index is 0.773. The SMILES string of the molecule is CCC1CCN(c2ccc(CNC3CC3)c(Br)c2)CC1. The number of hydrogen-bond acceptors (Lipinski definition) is 2. The highest BCUT2D eigenvalue weighted by molar-refractivity contribution is 9.10. The van der Waals surface area contributed by atoms with Crippen molar-refractivity contribution in [2.45, 2.75) is 51.6 Å². The van der Waals surface area contributed by atoms with Crippen LogP contribution in [0, 0.1) is 5.92 Å². The Bertz CT molecular complexity index is 448. The minimum atomic E-state index is 0.773. The molecule has 2 fully saturated rings. The van der Waals surface area contributed by atoms with Crippen LogP contribution in [-0.4, -0.2) is 19.1 Å². The first kappa shape index (κ1) is 14.4. The average Bonchev–Trinajstić information content (AvgIpc) is 3.30. The topological polar surface area (TPSA) is 15.3 Å². The number of nitrogens with one attached hydrogen (secondary N) is 1. The Kier molecular flexibility index (Phi) is 4.67. The molecule has 0 aromatic heterocycles. The number of anilines is 1. The molecule has 2 nitrogen and oxygen atoms in total. The zero-order chi connectivity index (χ0) is 13.9. The van der Waals surface area contributed by atoms with E-state index in [4.69, 9.17) is 0 Å². The van der Waals surface area contributed by atoms with Crippen LogP contribution >= 0.6 is 15.9 Å². The maximum atomic E-state index is 3.74. The number of benzene rings is 1. The van der Waals surface area contributed by atoms with Crippen LogP contribution in [0.1, 0.15) is 44.6 Å². The van der Waals surface area contributed by atoms with Gasteiger partial charge in [0.1, 0.15) is 0 Å². The van der Waals surface area contributed by atoms with Crippen molar-refractivity contribution in [1.82, 2.24) is 5.32 Å². The van der Waals surface area contributed by atoms with Gasteiger partial charge in [0.2, 0.25) is 0 Å². The summed E-state index contributed by atoms with van der Waals surface area (Å²) in [4.78, 5) is 2.54. The number of piperidine rings is 1. The van der Waals surface area contributed by atoms with Gasteiger partial charge in [0.15, 0.2) is 0 Å². The Morgan fingerprint density at radius 3 is 2.55 bits per heavy atom. The summed E-state index contributed by atoms with van der Waals surface area (Å²) in [5, 5.41) is 3.58. The lowest BCUT2D eigenvalue weighted by Crippen LogP contribution is -2.33. The summed E-state index contributed by atoms with van der Waals surface area (Å²) in [5.41, 5.74) is 2.76. The van der Waals surface area contributed by atoms with E-state index in [9.17, 15) is 0 Å². The molecule has 0 radical (unpaired) electrons. The van der Waals surface area contributed by atoms with Crippen LogP contribution in [0.2, 0.25) is 0 Å². The van der Waals surface area contributed by atoms with Gasteiger partial charge < -0.3 is 10.2 Å². The molecular formula is C17H25BrN2. The minimum Gasteiger partial charge on any atom is -0.371 e. The Hall–Kier alpha value is -0.540. The Morgan fingerprint density at radius 1 is 1.20 bits per heavy atom. The van der Waals surface area contributed by atoms with Gasteiger partial charge in [0, 0.05) is 35.8 Å². The zero-order valence-corrected chi connectivity index (χ0v) is 14.0. The van der Waals surface area contributed by atoms with Crippen LogP contribution in [0.15, 0.2) is 22.7 Å². The average molecular weight is 337 g/mol. The van der Waals surface area contributed by atoms with Gasteiger partial charge in [-0.1, -0.05) is 35.3 Å². The first-order valence-electron chi connectivity index (χ1n) is 8.03. The maximum absolute atomic E-state index is 3.74. The van der Waals surface area contributed by atoms with Gasteiger partial charge in [-0.3, -0.25) is 0 Å². The van der Waals surface area contributed by atoms with Crippen LogP contribution in [0.3, 0.4) is 0 Å². The van der Waals surface area contributed by atoms with E-state index in [-0.39, 0.29) is 0 Å². The number of hydrogen-bond donors (Lipinski definition) is 1. The summed E-state index contributed by atoms with van der Waals surface area (Å²) < 4.78 is 1.25. The molecule has 1 saturated heterocycles. The van der Waals surface area contributed by atoms with Crippen LogP contribution in [0.4, 0.5) is 5.69 Å². The summed E-state index contributed by atoms with van der Waals surface area (Å²) in [7, 11) is 0. The van der Waals surface area contributed by atoms with E-state index < -0.39 is 0 Å². The molecular weight excluding hydrogens is 312 g/mol. The van der Waals surface area contributed by atoms with E-state index in [1.54, 1.807) is 0 Å². The van der Waals surface area contributed by atoms with Crippen molar-refractivity contribution < 1.29 is 0 Å². The third-order valence-electron chi connectivity index (χ3n) is 4.75. The molecule has 1 aliphatic heterocycles. The molecule has 1 heterocycles. The predicted molar refractivity (Wildman–Crippen MR) is 89.2 cm³/mol. The van der Waals surface area contributed by atoms with Crippen LogP contribution in [0.25, 0.3) is 0 Å². The van der Waals surface area contributed by atoms with Gasteiger partial charge in [-0.15, -0.1) is 0 Å². The molecule has 0 bridgehead atoms. The van der Waals surface area contributed by atoms with E-state index in [0.717, 1.165) is 18.5 Å². The molecule has 0 atom stereocenters. The normalized spacial score (nSPS) is 20.4. The molecule has 0 amide bonds. The summed E-state index contributed by atoms with van der Waals surface area (Å²) >= 11 is 3.74. The van der Waals surface area contributed by atoms with E-state index >= 15 is 0 Å². The fourth-order valence-electron chi connectivity index (χ4n) is 3.02. The van der Waals surface area contributed by atoms with E-state index in [1.165, 1.54) is 60.9 Å². The first-order valence-corrected chi connectivity index (χ1v) is 8.82. The third-order valence-corrected chi connectivity index (χ3v) is 5.49. The monoisotopic (exact) mass is 336 g/mol. The molecule has 0 unspecified atom stereocenters. The lowest BCUT2D eigenvalue weighted by atomic mass is 9.94. The standard InChI is InChI=1S/C17H25BrN2/c1-2-13-7-9-20(10-8-13)16-6-3-14(17(18)11-16)12-19-15-4-5-15/h3,6,11,13,15,19H,2,4-5,7-10,12H2,1H3. The highest BCUT2D eigenvalue weighted by Crippen LogP contribution is 2.29.